The summed E-state index contributed by atoms with van der Waals surface area (Å²) in [5.74, 6) is -2.95. The van der Waals surface area contributed by atoms with E-state index in [0.29, 0.717) is 67.8 Å². The van der Waals surface area contributed by atoms with Gasteiger partial charge < -0.3 is 25.6 Å². The molecule has 3 aromatic rings. The molecule has 4 N–H and O–H groups in total. The lowest BCUT2D eigenvalue weighted by Crippen LogP contribution is -2.44. The highest BCUT2D eigenvalue weighted by atomic mass is 16.5. The van der Waals surface area contributed by atoms with Crippen LogP contribution in [0.5, 0.6) is 11.5 Å². The number of carbonyl (C=O) groups is 4. The highest BCUT2D eigenvalue weighted by Gasteiger charge is 2.46. The van der Waals surface area contributed by atoms with Crippen molar-refractivity contribution in [3.05, 3.63) is 83.9 Å². The Balaban J connectivity index is 1.31. The van der Waals surface area contributed by atoms with Gasteiger partial charge in [0.15, 0.2) is 0 Å². The van der Waals surface area contributed by atoms with Crippen molar-refractivity contribution in [1.82, 2.24) is 0 Å². The highest BCUT2D eigenvalue weighted by molar-refractivity contribution is 6.08. The van der Waals surface area contributed by atoms with E-state index in [1.165, 1.54) is 0 Å². The van der Waals surface area contributed by atoms with Gasteiger partial charge in [-0.15, -0.1) is 0 Å². The Bertz CT molecular complexity index is 1500. The normalized spacial score (nSPS) is 19.4. The Morgan fingerprint density at radius 3 is 2.07 bits per heavy atom. The zero-order chi connectivity index (χ0) is 31.1. The first kappa shape index (κ1) is 30.8. The molecule has 0 heterocycles. The van der Waals surface area contributed by atoms with Crippen LogP contribution in [0, 0.1) is 17.3 Å². The van der Waals surface area contributed by atoms with E-state index >= 15 is 0 Å². The van der Waals surface area contributed by atoms with E-state index in [4.69, 9.17) is 4.74 Å². The van der Waals surface area contributed by atoms with Gasteiger partial charge >= 0.3 is 11.9 Å². The molecule has 44 heavy (non-hydrogen) atoms. The molecule has 2 saturated carbocycles. The molecule has 2 aliphatic carbocycles. The van der Waals surface area contributed by atoms with Gasteiger partial charge in [-0.3, -0.25) is 19.2 Å². The van der Waals surface area contributed by atoms with E-state index < -0.39 is 35.1 Å². The van der Waals surface area contributed by atoms with Crippen LogP contribution < -0.4 is 15.4 Å². The zero-order valence-electron chi connectivity index (χ0n) is 24.6. The molecule has 2 aliphatic rings. The fourth-order valence-corrected chi connectivity index (χ4v) is 6.37. The SMILES string of the molecule is O=C(O)C1CCCCC1C(=O)Nc1ccc(Oc2ccc(NC(=O)C3(C(=O)O)CCCCC3)c(Cc3ccccc3)c2)cc1. The molecule has 5 rings (SSSR count). The quantitative estimate of drug-likeness (QED) is 0.187. The third kappa shape index (κ3) is 7.10. The van der Waals surface area contributed by atoms with Crippen LogP contribution in [0.25, 0.3) is 0 Å². The largest absolute Gasteiger partial charge is 0.481 e. The van der Waals surface area contributed by atoms with Crippen molar-refractivity contribution < 1.29 is 34.1 Å². The second kappa shape index (κ2) is 13.8. The Labute approximate surface area is 256 Å². The summed E-state index contributed by atoms with van der Waals surface area (Å²) in [6.07, 6.45) is 6.19. The van der Waals surface area contributed by atoms with Crippen LogP contribution in [-0.2, 0) is 25.6 Å². The summed E-state index contributed by atoms with van der Waals surface area (Å²) in [7, 11) is 0. The number of nitrogens with one attached hydrogen (secondary N) is 2. The number of carboxylic acid groups (broad SMARTS) is 2. The van der Waals surface area contributed by atoms with E-state index in [1.54, 1.807) is 36.4 Å². The number of aliphatic carboxylic acids is 2. The maximum Gasteiger partial charge on any atom is 0.319 e. The minimum Gasteiger partial charge on any atom is -0.481 e. The Morgan fingerprint density at radius 2 is 1.41 bits per heavy atom. The maximum atomic E-state index is 13.4. The molecule has 0 aliphatic heterocycles. The number of amides is 2. The number of anilines is 2. The Morgan fingerprint density at radius 1 is 0.750 bits per heavy atom. The molecule has 2 fully saturated rings. The first-order valence-electron chi connectivity index (χ1n) is 15.3. The van der Waals surface area contributed by atoms with Crippen LogP contribution in [0.15, 0.2) is 72.8 Å². The van der Waals surface area contributed by atoms with Crippen molar-refractivity contribution in [3.63, 3.8) is 0 Å². The van der Waals surface area contributed by atoms with Crippen LogP contribution in [0.4, 0.5) is 11.4 Å². The van der Waals surface area contributed by atoms with Crippen LogP contribution in [0.3, 0.4) is 0 Å². The highest BCUT2D eigenvalue weighted by Crippen LogP contribution is 2.39. The van der Waals surface area contributed by atoms with E-state index in [2.05, 4.69) is 10.6 Å². The number of hydrogen-bond donors (Lipinski definition) is 4. The smallest absolute Gasteiger partial charge is 0.319 e. The summed E-state index contributed by atoms with van der Waals surface area (Å²) in [6, 6.07) is 21.9. The Kier molecular flexibility index (Phi) is 9.62. The summed E-state index contributed by atoms with van der Waals surface area (Å²) in [6.45, 7) is 0. The summed E-state index contributed by atoms with van der Waals surface area (Å²) in [5.41, 5.74) is 1.46. The van der Waals surface area contributed by atoms with Crippen molar-refractivity contribution in [1.29, 1.82) is 0 Å². The van der Waals surface area contributed by atoms with Crippen molar-refractivity contribution in [2.45, 2.75) is 64.2 Å². The predicted octanol–water partition coefficient (Wildman–Crippen LogP) is 6.87. The minimum absolute atomic E-state index is 0.285. The lowest BCUT2D eigenvalue weighted by atomic mass is 9.73. The molecule has 3 aromatic carbocycles. The van der Waals surface area contributed by atoms with Crippen LogP contribution in [0.2, 0.25) is 0 Å². The topological polar surface area (TPSA) is 142 Å². The number of ether oxygens (including phenoxy) is 1. The monoisotopic (exact) mass is 598 g/mol. The van der Waals surface area contributed by atoms with E-state index in [-0.39, 0.29) is 5.91 Å². The molecular formula is C35H38N2O7. The predicted molar refractivity (Wildman–Crippen MR) is 166 cm³/mol. The van der Waals surface area contributed by atoms with Gasteiger partial charge in [0.05, 0.1) is 11.8 Å². The van der Waals surface area contributed by atoms with Crippen molar-refractivity contribution >= 4 is 35.1 Å². The number of benzene rings is 3. The van der Waals surface area contributed by atoms with Gasteiger partial charge in [0, 0.05) is 11.4 Å². The number of hydrogen-bond acceptors (Lipinski definition) is 5. The summed E-state index contributed by atoms with van der Waals surface area (Å²) >= 11 is 0. The summed E-state index contributed by atoms with van der Waals surface area (Å²) < 4.78 is 6.12. The fourth-order valence-electron chi connectivity index (χ4n) is 6.37. The maximum absolute atomic E-state index is 13.4. The van der Waals surface area contributed by atoms with E-state index in [0.717, 1.165) is 30.4 Å². The molecule has 2 unspecified atom stereocenters. The molecule has 2 atom stereocenters. The molecule has 0 radical (unpaired) electrons. The molecule has 0 bridgehead atoms. The lowest BCUT2D eigenvalue weighted by molar-refractivity contribution is -0.156. The first-order valence-corrected chi connectivity index (χ1v) is 15.3. The van der Waals surface area contributed by atoms with Gasteiger partial charge in [-0.25, -0.2) is 0 Å². The van der Waals surface area contributed by atoms with Gasteiger partial charge in [0.25, 0.3) is 0 Å². The number of carboxylic acids is 2. The van der Waals surface area contributed by atoms with Crippen molar-refractivity contribution in [2.75, 3.05) is 10.6 Å². The van der Waals surface area contributed by atoms with E-state index in [9.17, 15) is 29.4 Å². The van der Waals surface area contributed by atoms with Gasteiger partial charge in [-0.2, -0.15) is 0 Å². The third-order valence-electron chi connectivity index (χ3n) is 8.89. The third-order valence-corrected chi connectivity index (χ3v) is 8.89. The number of rotatable bonds is 10. The molecule has 230 valence electrons. The molecule has 0 saturated heterocycles. The summed E-state index contributed by atoms with van der Waals surface area (Å²) in [5, 5.41) is 25.3. The standard InChI is InChI=1S/C35H38N2O7/c38-31(28-11-5-6-12-29(28)32(39)40)36-25-13-15-26(16-14-25)44-27-17-18-30(24(22-27)21-23-9-3-1-4-10-23)37-33(41)35(34(42)43)19-7-2-8-20-35/h1,3-4,9-10,13-18,22,28-29H,2,5-8,11-12,19-21H2,(H,36,38)(H,37,41)(H,39,40)(H,42,43). The Hall–Kier alpha value is -4.66. The van der Waals surface area contributed by atoms with Crippen LogP contribution in [-0.4, -0.2) is 34.0 Å². The fraction of sp³-hybridized carbons (Fsp3) is 0.371. The molecule has 2 amide bonds. The average molecular weight is 599 g/mol. The lowest BCUT2D eigenvalue weighted by Gasteiger charge is -2.32. The molecule has 0 spiro atoms. The molecule has 0 aromatic heterocycles. The molecule has 9 nitrogen and oxygen atoms in total. The zero-order valence-corrected chi connectivity index (χ0v) is 24.6. The molecule has 9 heteroatoms. The van der Waals surface area contributed by atoms with Crippen molar-refractivity contribution in [3.8, 4) is 11.5 Å². The van der Waals surface area contributed by atoms with Crippen molar-refractivity contribution in [2.24, 2.45) is 17.3 Å². The number of carbonyl (C=O) groups excluding carboxylic acids is 2. The van der Waals surface area contributed by atoms with Gasteiger partial charge in [0.2, 0.25) is 11.8 Å². The first-order chi connectivity index (χ1) is 21.2. The molecular weight excluding hydrogens is 560 g/mol. The second-order valence-electron chi connectivity index (χ2n) is 11.8. The van der Waals surface area contributed by atoms with Gasteiger partial charge in [-0.05, 0) is 85.7 Å². The second-order valence-corrected chi connectivity index (χ2v) is 11.8. The van der Waals surface area contributed by atoms with E-state index in [1.807, 2.05) is 36.4 Å². The van der Waals surface area contributed by atoms with Crippen LogP contribution >= 0.6 is 0 Å². The van der Waals surface area contributed by atoms with Gasteiger partial charge in [-0.1, -0.05) is 62.4 Å². The average Bonchev–Trinajstić information content (AvgIpc) is 3.04. The van der Waals surface area contributed by atoms with Gasteiger partial charge in [0.1, 0.15) is 16.9 Å². The summed E-state index contributed by atoms with van der Waals surface area (Å²) in [4.78, 5) is 50.1. The van der Waals surface area contributed by atoms with Crippen LogP contribution in [0.1, 0.15) is 68.9 Å². The minimum atomic E-state index is -1.43.